The summed E-state index contributed by atoms with van der Waals surface area (Å²) in [5.74, 6) is 0.125. The summed E-state index contributed by atoms with van der Waals surface area (Å²) < 4.78 is 0. The highest BCUT2D eigenvalue weighted by molar-refractivity contribution is 6.06. The number of hydrogen-bond donors (Lipinski definition) is 0. The number of benzene rings is 1. The van der Waals surface area contributed by atoms with E-state index in [9.17, 15) is 4.79 Å². The van der Waals surface area contributed by atoms with Gasteiger partial charge in [0.1, 0.15) is 0 Å². The minimum absolute atomic E-state index is 0.125. The average Bonchev–Trinajstić information content (AvgIpc) is 2.46. The number of rotatable bonds is 5. The average molecular weight is 284 g/mol. The van der Waals surface area contributed by atoms with Gasteiger partial charge in [-0.2, -0.15) is 0 Å². The SMILES string of the molecule is CCCN(CCC)C(=O)c1cc(C)nc2ccc(C)cc12. The second kappa shape index (κ2) is 6.70. The van der Waals surface area contributed by atoms with E-state index in [2.05, 4.69) is 24.9 Å². The van der Waals surface area contributed by atoms with E-state index >= 15 is 0 Å². The standard InChI is InChI=1S/C18H24N2O/c1-5-9-20(10-6-2)18(21)16-12-14(4)19-17-8-7-13(3)11-15(16)17/h7-8,11-12H,5-6,9-10H2,1-4H3. The number of aryl methyl sites for hydroxylation is 2. The van der Waals surface area contributed by atoms with Gasteiger partial charge in [-0.05, 0) is 44.9 Å². The maximum Gasteiger partial charge on any atom is 0.254 e. The summed E-state index contributed by atoms with van der Waals surface area (Å²) in [7, 11) is 0. The molecular weight excluding hydrogens is 260 g/mol. The van der Waals surface area contributed by atoms with Gasteiger partial charge >= 0.3 is 0 Å². The Balaban J connectivity index is 2.53. The van der Waals surface area contributed by atoms with Crippen LogP contribution in [0.2, 0.25) is 0 Å². The highest BCUT2D eigenvalue weighted by atomic mass is 16.2. The molecule has 2 rings (SSSR count). The highest BCUT2D eigenvalue weighted by Crippen LogP contribution is 2.21. The van der Waals surface area contributed by atoms with Crippen LogP contribution in [0.4, 0.5) is 0 Å². The Hall–Kier alpha value is -1.90. The van der Waals surface area contributed by atoms with Crippen molar-refractivity contribution in [3.05, 3.63) is 41.1 Å². The minimum Gasteiger partial charge on any atom is -0.339 e. The maximum atomic E-state index is 12.9. The number of carbonyl (C=O) groups excluding carboxylic acids is 1. The monoisotopic (exact) mass is 284 g/mol. The van der Waals surface area contributed by atoms with Crippen LogP contribution < -0.4 is 0 Å². The molecule has 0 radical (unpaired) electrons. The van der Waals surface area contributed by atoms with Crippen LogP contribution in [0.3, 0.4) is 0 Å². The summed E-state index contributed by atoms with van der Waals surface area (Å²) in [6, 6.07) is 8.02. The summed E-state index contributed by atoms with van der Waals surface area (Å²) in [6.45, 7) is 9.82. The van der Waals surface area contributed by atoms with E-state index in [4.69, 9.17) is 0 Å². The normalized spacial score (nSPS) is 10.9. The van der Waals surface area contributed by atoms with Gasteiger partial charge in [-0.1, -0.05) is 25.5 Å². The zero-order valence-electron chi connectivity index (χ0n) is 13.4. The van der Waals surface area contributed by atoms with E-state index in [-0.39, 0.29) is 5.91 Å². The molecule has 0 spiro atoms. The summed E-state index contributed by atoms with van der Waals surface area (Å²) in [6.07, 6.45) is 1.96. The van der Waals surface area contributed by atoms with Crippen LogP contribution in [-0.2, 0) is 0 Å². The number of amides is 1. The van der Waals surface area contributed by atoms with Crippen molar-refractivity contribution >= 4 is 16.8 Å². The van der Waals surface area contributed by atoms with Gasteiger partial charge in [0.05, 0.1) is 11.1 Å². The fourth-order valence-electron chi connectivity index (χ4n) is 2.67. The third-order valence-electron chi connectivity index (χ3n) is 3.60. The lowest BCUT2D eigenvalue weighted by Gasteiger charge is -2.22. The lowest BCUT2D eigenvalue weighted by Crippen LogP contribution is -2.32. The molecule has 112 valence electrons. The molecule has 0 aliphatic heterocycles. The molecule has 21 heavy (non-hydrogen) atoms. The Morgan fingerprint density at radius 1 is 1.10 bits per heavy atom. The van der Waals surface area contributed by atoms with Crippen LogP contribution in [0.15, 0.2) is 24.3 Å². The maximum absolute atomic E-state index is 12.9. The van der Waals surface area contributed by atoms with Crippen molar-refractivity contribution < 1.29 is 4.79 Å². The van der Waals surface area contributed by atoms with E-state index in [1.54, 1.807) is 0 Å². The zero-order valence-corrected chi connectivity index (χ0v) is 13.4. The predicted octanol–water partition coefficient (Wildman–Crippen LogP) is 4.11. The van der Waals surface area contributed by atoms with Gasteiger partial charge in [-0.15, -0.1) is 0 Å². The van der Waals surface area contributed by atoms with Gasteiger partial charge in [0.15, 0.2) is 0 Å². The number of nitrogens with zero attached hydrogens (tertiary/aromatic N) is 2. The van der Waals surface area contributed by atoms with Crippen LogP contribution in [-0.4, -0.2) is 28.9 Å². The Morgan fingerprint density at radius 2 is 1.76 bits per heavy atom. The van der Waals surface area contributed by atoms with Gasteiger partial charge in [0.2, 0.25) is 0 Å². The van der Waals surface area contributed by atoms with Crippen molar-refractivity contribution in [2.24, 2.45) is 0 Å². The molecule has 0 aliphatic rings. The third-order valence-corrected chi connectivity index (χ3v) is 3.60. The molecule has 1 heterocycles. The smallest absolute Gasteiger partial charge is 0.254 e. The zero-order chi connectivity index (χ0) is 15.4. The molecule has 0 atom stereocenters. The number of carbonyl (C=O) groups is 1. The number of fused-ring (bicyclic) bond motifs is 1. The van der Waals surface area contributed by atoms with Crippen LogP contribution >= 0.6 is 0 Å². The lowest BCUT2D eigenvalue weighted by molar-refractivity contribution is 0.0757. The van der Waals surface area contributed by atoms with Crippen LogP contribution in [0.25, 0.3) is 10.9 Å². The van der Waals surface area contributed by atoms with Crippen LogP contribution in [0, 0.1) is 13.8 Å². The first kappa shape index (κ1) is 15.5. The van der Waals surface area contributed by atoms with Crippen LogP contribution in [0.1, 0.15) is 48.3 Å². The van der Waals surface area contributed by atoms with Crippen molar-refractivity contribution in [2.75, 3.05) is 13.1 Å². The first-order valence-corrected chi connectivity index (χ1v) is 7.74. The Kier molecular flexibility index (Phi) is 4.94. The molecule has 2 aromatic rings. The molecule has 0 bridgehead atoms. The molecule has 1 aromatic carbocycles. The third kappa shape index (κ3) is 3.41. The molecule has 0 fully saturated rings. The first-order chi connectivity index (χ1) is 10.1. The number of pyridine rings is 1. The van der Waals surface area contributed by atoms with E-state index in [0.717, 1.165) is 53.7 Å². The fourth-order valence-corrected chi connectivity index (χ4v) is 2.67. The van der Waals surface area contributed by atoms with Crippen molar-refractivity contribution in [2.45, 2.75) is 40.5 Å². The van der Waals surface area contributed by atoms with Gasteiger partial charge in [-0.3, -0.25) is 9.78 Å². The van der Waals surface area contributed by atoms with Gasteiger partial charge in [0.25, 0.3) is 5.91 Å². The fraction of sp³-hybridized carbons (Fsp3) is 0.444. The molecule has 0 aliphatic carbocycles. The Labute approximate surface area is 127 Å². The summed E-state index contributed by atoms with van der Waals surface area (Å²) in [4.78, 5) is 19.4. The first-order valence-electron chi connectivity index (χ1n) is 7.74. The summed E-state index contributed by atoms with van der Waals surface area (Å²) in [5, 5.41) is 0.961. The topological polar surface area (TPSA) is 33.2 Å². The molecular formula is C18H24N2O. The molecule has 0 unspecified atom stereocenters. The Morgan fingerprint density at radius 3 is 2.38 bits per heavy atom. The quantitative estimate of drug-likeness (QED) is 0.827. The molecule has 3 nitrogen and oxygen atoms in total. The molecule has 3 heteroatoms. The predicted molar refractivity (Wildman–Crippen MR) is 87.7 cm³/mol. The molecule has 0 saturated heterocycles. The molecule has 1 aromatic heterocycles. The number of hydrogen-bond acceptors (Lipinski definition) is 2. The largest absolute Gasteiger partial charge is 0.339 e. The molecule has 0 N–H and O–H groups in total. The van der Waals surface area contributed by atoms with Crippen molar-refractivity contribution in [3.63, 3.8) is 0 Å². The van der Waals surface area contributed by atoms with Gasteiger partial charge in [0, 0.05) is 24.2 Å². The van der Waals surface area contributed by atoms with E-state index in [1.165, 1.54) is 0 Å². The summed E-state index contributed by atoms with van der Waals surface area (Å²) in [5.41, 5.74) is 3.72. The number of aromatic nitrogens is 1. The van der Waals surface area contributed by atoms with E-state index in [1.807, 2.05) is 36.9 Å². The van der Waals surface area contributed by atoms with Gasteiger partial charge in [-0.25, -0.2) is 0 Å². The van der Waals surface area contributed by atoms with Crippen LogP contribution in [0.5, 0.6) is 0 Å². The van der Waals surface area contributed by atoms with Crippen molar-refractivity contribution in [1.29, 1.82) is 0 Å². The Bertz CT molecular complexity index is 643. The second-order valence-corrected chi connectivity index (χ2v) is 5.62. The van der Waals surface area contributed by atoms with Crippen molar-refractivity contribution in [1.82, 2.24) is 9.88 Å². The molecule has 1 amide bonds. The second-order valence-electron chi connectivity index (χ2n) is 5.62. The summed E-state index contributed by atoms with van der Waals surface area (Å²) >= 11 is 0. The lowest BCUT2D eigenvalue weighted by atomic mass is 10.0. The molecule has 0 saturated carbocycles. The van der Waals surface area contributed by atoms with E-state index in [0.29, 0.717) is 0 Å². The minimum atomic E-state index is 0.125. The highest BCUT2D eigenvalue weighted by Gasteiger charge is 2.18. The van der Waals surface area contributed by atoms with Gasteiger partial charge < -0.3 is 4.90 Å². The van der Waals surface area contributed by atoms with E-state index < -0.39 is 0 Å². The van der Waals surface area contributed by atoms with Crippen molar-refractivity contribution in [3.8, 4) is 0 Å².